The number of nitrogens with zero attached hydrogens (tertiary/aromatic N) is 4. The van der Waals surface area contributed by atoms with Crippen LogP contribution in [0.4, 0.5) is 5.82 Å². The van der Waals surface area contributed by atoms with E-state index in [2.05, 4.69) is 19.9 Å². The number of carbonyl (C=O) groups is 1. The Bertz CT molecular complexity index is 1280. The van der Waals surface area contributed by atoms with E-state index in [9.17, 15) is 13.2 Å². The number of H-pyrrole nitrogens is 1. The van der Waals surface area contributed by atoms with Crippen molar-refractivity contribution < 1.29 is 13.2 Å². The summed E-state index contributed by atoms with van der Waals surface area (Å²) in [7, 11) is -3.80. The lowest BCUT2D eigenvalue weighted by molar-refractivity contribution is 0.0740. The summed E-state index contributed by atoms with van der Waals surface area (Å²) in [5.74, 6) is 0.807. The first kappa shape index (κ1) is 20.0. The highest BCUT2D eigenvalue weighted by Crippen LogP contribution is 2.48. The van der Waals surface area contributed by atoms with Gasteiger partial charge >= 0.3 is 0 Å². The molecule has 1 aliphatic carbocycles. The molecule has 5 rings (SSSR count). The van der Waals surface area contributed by atoms with Crippen LogP contribution in [0.2, 0.25) is 0 Å². The summed E-state index contributed by atoms with van der Waals surface area (Å²) in [4.78, 5) is 29.5. The van der Waals surface area contributed by atoms with Gasteiger partial charge in [-0.15, -0.1) is 0 Å². The van der Waals surface area contributed by atoms with Crippen molar-refractivity contribution in [3.8, 4) is 0 Å². The van der Waals surface area contributed by atoms with Crippen molar-refractivity contribution in [2.45, 2.75) is 24.7 Å². The molecule has 3 heterocycles. The predicted octanol–water partition coefficient (Wildman–Crippen LogP) is 1.66. The minimum atomic E-state index is -3.80. The van der Waals surface area contributed by atoms with E-state index in [1.54, 1.807) is 19.3 Å². The normalized spacial score (nSPS) is 18.4. The van der Waals surface area contributed by atoms with Crippen LogP contribution >= 0.6 is 0 Å². The first-order chi connectivity index (χ1) is 14.8. The molecule has 0 unspecified atom stereocenters. The van der Waals surface area contributed by atoms with Crippen molar-refractivity contribution in [1.82, 2.24) is 19.9 Å². The van der Waals surface area contributed by atoms with Crippen LogP contribution in [-0.2, 0) is 10.0 Å². The predicted molar refractivity (Wildman–Crippen MR) is 116 cm³/mol. The maximum Gasteiger partial charge on any atom is 0.254 e. The Hall–Kier alpha value is -2.98. The maximum absolute atomic E-state index is 13.4. The number of fused-ring (bicyclic) bond motifs is 1. The van der Waals surface area contributed by atoms with E-state index in [1.807, 2.05) is 17.2 Å². The van der Waals surface area contributed by atoms with Crippen LogP contribution in [-0.4, -0.2) is 60.4 Å². The molecule has 1 spiro atoms. The lowest BCUT2D eigenvalue weighted by Gasteiger charge is -2.25. The number of carbonyl (C=O) groups excluding carboxylic acids is 1. The Kier molecular flexibility index (Phi) is 4.52. The SMILES string of the molecule is Cc1cc(S(N)(=O)=O)ccc1C(=O)N1CCN(c2ncnc3[nH]ccc23)CC2(CC2)C1. The van der Waals surface area contributed by atoms with Gasteiger partial charge in [0.2, 0.25) is 10.0 Å². The third-order valence-electron chi connectivity index (χ3n) is 6.33. The number of aromatic nitrogens is 3. The van der Waals surface area contributed by atoms with Crippen LogP contribution in [0.5, 0.6) is 0 Å². The van der Waals surface area contributed by atoms with E-state index >= 15 is 0 Å². The number of hydrogen-bond donors (Lipinski definition) is 2. The fourth-order valence-electron chi connectivity index (χ4n) is 4.44. The second kappa shape index (κ2) is 7.03. The molecule has 162 valence electrons. The van der Waals surface area contributed by atoms with Crippen molar-refractivity contribution in [2.24, 2.45) is 10.6 Å². The fraction of sp³-hybridized carbons (Fsp3) is 0.381. The standard InChI is InChI=1S/C21H24N6O3S/c1-14-10-15(31(22,29)30)2-3-16(14)20(28)27-9-8-26(11-21(12-27)5-6-21)19-17-4-7-23-18(17)24-13-25-19/h2-4,7,10,13H,5-6,8-9,11-12H2,1H3,(H2,22,29,30)(H,23,24,25). The number of aromatic amines is 1. The quantitative estimate of drug-likeness (QED) is 0.638. The van der Waals surface area contributed by atoms with Gasteiger partial charge in [-0.25, -0.2) is 23.5 Å². The number of amides is 1. The summed E-state index contributed by atoms with van der Waals surface area (Å²) < 4.78 is 23.2. The average Bonchev–Trinajstić information content (AvgIpc) is 3.37. The Morgan fingerprint density at radius 3 is 2.68 bits per heavy atom. The van der Waals surface area contributed by atoms with Crippen molar-refractivity contribution in [3.05, 3.63) is 47.9 Å². The largest absolute Gasteiger partial charge is 0.354 e. The van der Waals surface area contributed by atoms with E-state index in [0.29, 0.717) is 30.8 Å². The summed E-state index contributed by atoms with van der Waals surface area (Å²) in [6.45, 7) is 4.49. The van der Waals surface area contributed by atoms with Gasteiger partial charge in [0.05, 0.1) is 10.3 Å². The molecule has 1 aromatic carbocycles. The first-order valence-electron chi connectivity index (χ1n) is 10.2. The lowest BCUT2D eigenvalue weighted by atomic mass is 10.0. The summed E-state index contributed by atoms with van der Waals surface area (Å²) in [6, 6.07) is 6.40. The van der Waals surface area contributed by atoms with Crippen LogP contribution in [0, 0.1) is 12.3 Å². The average molecular weight is 441 g/mol. The van der Waals surface area contributed by atoms with Gasteiger partial charge in [-0.3, -0.25) is 4.79 Å². The second-order valence-corrected chi connectivity index (χ2v) is 10.2. The molecule has 0 radical (unpaired) electrons. The Balaban J connectivity index is 1.42. The van der Waals surface area contributed by atoms with E-state index < -0.39 is 10.0 Å². The van der Waals surface area contributed by atoms with Crippen LogP contribution < -0.4 is 10.0 Å². The second-order valence-electron chi connectivity index (χ2n) is 8.61. The number of benzene rings is 1. The molecule has 1 saturated heterocycles. The number of primary sulfonamides is 1. The topological polar surface area (TPSA) is 125 Å². The lowest BCUT2D eigenvalue weighted by Crippen LogP contribution is -2.37. The zero-order valence-electron chi connectivity index (χ0n) is 17.2. The molecule has 2 fully saturated rings. The molecule has 3 N–H and O–H groups in total. The van der Waals surface area contributed by atoms with Gasteiger partial charge < -0.3 is 14.8 Å². The van der Waals surface area contributed by atoms with E-state index in [0.717, 1.165) is 36.2 Å². The van der Waals surface area contributed by atoms with Gasteiger partial charge in [0.1, 0.15) is 17.8 Å². The highest BCUT2D eigenvalue weighted by molar-refractivity contribution is 7.89. The molecule has 2 aromatic heterocycles. The number of nitrogens with two attached hydrogens (primary N) is 1. The number of rotatable bonds is 3. The zero-order valence-corrected chi connectivity index (χ0v) is 18.0. The fourth-order valence-corrected chi connectivity index (χ4v) is 5.04. The molecule has 0 atom stereocenters. The number of aryl methyl sites for hydroxylation is 1. The summed E-state index contributed by atoms with van der Waals surface area (Å²) >= 11 is 0. The first-order valence-corrected chi connectivity index (χ1v) is 11.8. The van der Waals surface area contributed by atoms with Gasteiger partial charge in [0.25, 0.3) is 5.91 Å². The molecule has 1 amide bonds. The summed E-state index contributed by atoms with van der Waals surface area (Å²) in [6.07, 6.45) is 5.56. The number of sulfonamides is 1. The molecule has 31 heavy (non-hydrogen) atoms. The van der Waals surface area contributed by atoms with Gasteiger partial charge in [0, 0.05) is 43.4 Å². The molecule has 10 heteroatoms. The van der Waals surface area contributed by atoms with Gasteiger partial charge in [-0.2, -0.15) is 0 Å². The molecule has 3 aromatic rings. The highest BCUT2D eigenvalue weighted by atomic mass is 32.2. The van der Waals surface area contributed by atoms with Crippen LogP contribution in [0.3, 0.4) is 0 Å². The van der Waals surface area contributed by atoms with Crippen molar-refractivity contribution in [2.75, 3.05) is 31.1 Å². The maximum atomic E-state index is 13.4. The minimum Gasteiger partial charge on any atom is -0.354 e. The molecular weight excluding hydrogens is 416 g/mol. The van der Waals surface area contributed by atoms with Crippen LogP contribution in [0.25, 0.3) is 11.0 Å². The Morgan fingerprint density at radius 2 is 1.97 bits per heavy atom. The molecule has 9 nitrogen and oxygen atoms in total. The molecular formula is C21H24N6O3S. The smallest absolute Gasteiger partial charge is 0.254 e. The number of nitrogens with one attached hydrogen (secondary N) is 1. The monoisotopic (exact) mass is 440 g/mol. The third kappa shape index (κ3) is 3.66. The third-order valence-corrected chi connectivity index (χ3v) is 7.24. The number of hydrogen-bond acceptors (Lipinski definition) is 6. The van der Waals surface area contributed by atoms with Crippen molar-refractivity contribution in [1.29, 1.82) is 0 Å². The van der Waals surface area contributed by atoms with Crippen molar-refractivity contribution >= 4 is 32.8 Å². The molecule has 1 aliphatic heterocycles. The van der Waals surface area contributed by atoms with E-state index in [-0.39, 0.29) is 16.2 Å². The van der Waals surface area contributed by atoms with E-state index in [1.165, 1.54) is 12.1 Å². The minimum absolute atomic E-state index is 0.0153. The van der Waals surface area contributed by atoms with E-state index in [4.69, 9.17) is 5.14 Å². The molecule has 2 aliphatic rings. The van der Waals surface area contributed by atoms with Gasteiger partial charge in [-0.05, 0) is 49.6 Å². The highest BCUT2D eigenvalue weighted by Gasteiger charge is 2.48. The summed E-state index contributed by atoms with van der Waals surface area (Å²) in [5.41, 5.74) is 1.98. The number of anilines is 1. The Labute approximate surface area is 180 Å². The van der Waals surface area contributed by atoms with Crippen LogP contribution in [0.1, 0.15) is 28.8 Å². The Morgan fingerprint density at radius 1 is 1.16 bits per heavy atom. The summed E-state index contributed by atoms with van der Waals surface area (Å²) in [5, 5.41) is 6.20. The van der Waals surface area contributed by atoms with Gasteiger partial charge in [-0.1, -0.05) is 0 Å². The molecule has 0 bridgehead atoms. The molecule has 1 saturated carbocycles. The van der Waals surface area contributed by atoms with Crippen molar-refractivity contribution in [3.63, 3.8) is 0 Å². The zero-order chi connectivity index (χ0) is 21.8. The van der Waals surface area contributed by atoms with Crippen LogP contribution in [0.15, 0.2) is 41.7 Å². The van der Waals surface area contributed by atoms with Gasteiger partial charge in [0.15, 0.2) is 0 Å².